The minimum absolute atomic E-state index is 0.113. The summed E-state index contributed by atoms with van der Waals surface area (Å²) in [4.78, 5) is 14.7. The standard InChI is InChI=1S/C10H9F3INO2/c1-2-17-8(16)3-5-6(11)4-7(14)15-9(5)10(12)13/h4,10H,2-3H2,1H3. The van der Waals surface area contributed by atoms with E-state index in [4.69, 9.17) is 0 Å². The number of nitrogens with zero attached hydrogens (tertiary/aromatic N) is 1. The summed E-state index contributed by atoms with van der Waals surface area (Å²) < 4.78 is 43.5. The Bertz CT molecular complexity index is 426. The van der Waals surface area contributed by atoms with Gasteiger partial charge in [-0.1, -0.05) is 0 Å². The fourth-order valence-corrected chi connectivity index (χ4v) is 1.77. The highest BCUT2D eigenvalue weighted by Gasteiger charge is 2.22. The van der Waals surface area contributed by atoms with Crippen LogP contribution in [0.2, 0.25) is 0 Å². The first-order valence-corrected chi connectivity index (χ1v) is 5.82. The van der Waals surface area contributed by atoms with Crippen LogP contribution in [0.3, 0.4) is 0 Å². The average Bonchev–Trinajstić information content (AvgIpc) is 2.21. The van der Waals surface area contributed by atoms with Crippen molar-refractivity contribution in [2.24, 2.45) is 0 Å². The molecule has 1 aromatic rings. The second-order valence-electron chi connectivity index (χ2n) is 3.07. The summed E-state index contributed by atoms with van der Waals surface area (Å²) in [5.41, 5.74) is -1.11. The number of esters is 1. The Morgan fingerprint density at radius 1 is 1.59 bits per heavy atom. The number of alkyl halides is 2. The van der Waals surface area contributed by atoms with E-state index < -0.39 is 35.9 Å². The first-order valence-electron chi connectivity index (χ1n) is 4.74. The molecule has 0 atom stereocenters. The molecule has 0 bridgehead atoms. The molecular weight excluding hydrogens is 350 g/mol. The van der Waals surface area contributed by atoms with Gasteiger partial charge in [0, 0.05) is 11.6 Å². The maximum Gasteiger partial charge on any atom is 0.310 e. The van der Waals surface area contributed by atoms with Gasteiger partial charge in [-0.3, -0.25) is 4.79 Å². The molecule has 0 aliphatic heterocycles. The molecule has 3 nitrogen and oxygen atoms in total. The molecule has 0 fully saturated rings. The van der Waals surface area contributed by atoms with E-state index in [-0.39, 0.29) is 10.3 Å². The SMILES string of the molecule is CCOC(=O)Cc1c(F)cc(I)nc1C(F)F. The maximum absolute atomic E-state index is 13.5. The Morgan fingerprint density at radius 3 is 2.76 bits per heavy atom. The van der Waals surface area contributed by atoms with Crippen LogP contribution in [-0.2, 0) is 16.0 Å². The Kier molecular flexibility index (Phi) is 5.16. The van der Waals surface area contributed by atoms with Gasteiger partial charge in [0.05, 0.1) is 13.0 Å². The summed E-state index contributed by atoms with van der Waals surface area (Å²) in [6.07, 6.45) is -3.47. The summed E-state index contributed by atoms with van der Waals surface area (Å²) in [6, 6.07) is 1.00. The van der Waals surface area contributed by atoms with E-state index in [2.05, 4.69) is 9.72 Å². The maximum atomic E-state index is 13.5. The van der Waals surface area contributed by atoms with E-state index in [1.165, 1.54) is 0 Å². The molecule has 0 saturated carbocycles. The lowest BCUT2D eigenvalue weighted by atomic mass is 10.1. The predicted molar refractivity (Wildman–Crippen MR) is 62.2 cm³/mol. The van der Waals surface area contributed by atoms with Crippen LogP contribution in [0, 0.1) is 9.52 Å². The van der Waals surface area contributed by atoms with Gasteiger partial charge in [0.1, 0.15) is 15.2 Å². The van der Waals surface area contributed by atoms with Crippen LogP contribution in [0.5, 0.6) is 0 Å². The van der Waals surface area contributed by atoms with Crippen molar-refractivity contribution in [1.29, 1.82) is 0 Å². The fourth-order valence-electron chi connectivity index (χ4n) is 1.24. The summed E-state index contributed by atoms with van der Waals surface area (Å²) >= 11 is 1.63. The molecule has 0 radical (unpaired) electrons. The minimum Gasteiger partial charge on any atom is -0.466 e. The molecule has 0 unspecified atom stereocenters. The molecule has 17 heavy (non-hydrogen) atoms. The van der Waals surface area contributed by atoms with Crippen LogP contribution in [0.4, 0.5) is 13.2 Å². The molecule has 7 heteroatoms. The third-order valence-electron chi connectivity index (χ3n) is 1.90. The molecule has 0 spiro atoms. The van der Waals surface area contributed by atoms with E-state index in [1.54, 1.807) is 29.5 Å². The second-order valence-corrected chi connectivity index (χ2v) is 4.18. The van der Waals surface area contributed by atoms with Crippen molar-refractivity contribution in [3.63, 3.8) is 0 Å². The zero-order chi connectivity index (χ0) is 13.0. The van der Waals surface area contributed by atoms with Crippen molar-refractivity contribution in [1.82, 2.24) is 4.98 Å². The van der Waals surface area contributed by atoms with Gasteiger partial charge in [-0.2, -0.15) is 0 Å². The summed E-state index contributed by atoms with van der Waals surface area (Å²) in [7, 11) is 0. The molecule has 0 aromatic carbocycles. The third-order valence-corrected chi connectivity index (χ3v) is 2.46. The van der Waals surface area contributed by atoms with Crippen LogP contribution in [0.25, 0.3) is 0 Å². The lowest BCUT2D eigenvalue weighted by Crippen LogP contribution is -2.13. The summed E-state index contributed by atoms with van der Waals surface area (Å²) in [6.45, 7) is 1.69. The molecule has 94 valence electrons. The van der Waals surface area contributed by atoms with Gasteiger partial charge in [-0.15, -0.1) is 0 Å². The lowest BCUT2D eigenvalue weighted by molar-refractivity contribution is -0.142. The van der Waals surface area contributed by atoms with Crippen LogP contribution < -0.4 is 0 Å². The monoisotopic (exact) mass is 359 g/mol. The summed E-state index contributed by atoms with van der Waals surface area (Å²) in [5.74, 6) is -1.62. The molecule has 0 saturated heterocycles. The molecule has 1 rings (SSSR count). The number of rotatable bonds is 4. The number of aromatic nitrogens is 1. The van der Waals surface area contributed by atoms with Gasteiger partial charge in [0.25, 0.3) is 6.43 Å². The number of ether oxygens (including phenoxy) is 1. The van der Waals surface area contributed by atoms with Gasteiger partial charge in [-0.25, -0.2) is 18.2 Å². The van der Waals surface area contributed by atoms with E-state index in [0.29, 0.717) is 0 Å². The van der Waals surface area contributed by atoms with Crippen molar-refractivity contribution >= 4 is 28.6 Å². The summed E-state index contributed by atoms with van der Waals surface area (Å²) in [5, 5.41) is 0. The minimum atomic E-state index is -2.93. The Labute approximate surface area is 110 Å². The molecule has 0 aliphatic carbocycles. The molecule has 1 heterocycles. The van der Waals surface area contributed by atoms with Crippen molar-refractivity contribution < 1.29 is 22.7 Å². The highest BCUT2D eigenvalue weighted by molar-refractivity contribution is 14.1. The number of carbonyl (C=O) groups excluding carboxylic acids is 1. The highest BCUT2D eigenvalue weighted by atomic mass is 127. The Morgan fingerprint density at radius 2 is 2.24 bits per heavy atom. The Hall–Kier alpha value is -0.860. The van der Waals surface area contributed by atoms with E-state index in [9.17, 15) is 18.0 Å². The third kappa shape index (κ3) is 3.83. The number of halogens is 4. The topological polar surface area (TPSA) is 39.2 Å². The van der Waals surface area contributed by atoms with Crippen LogP contribution >= 0.6 is 22.6 Å². The van der Waals surface area contributed by atoms with Gasteiger partial charge in [0.15, 0.2) is 0 Å². The smallest absolute Gasteiger partial charge is 0.310 e. The van der Waals surface area contributed by atoms with Crippen LogP contribution in [0.15, 0.2) is 6.07 Å². The number of pyridine rings is 1. The zero-order valence-electron chi connectivity index (χ0n) is 8.84. The number of hydrogen-bond acceptors (Lipinski definition) is 3. The number of carbonyl (C=O) groups is 1. The first-order chi connectivity index (χ1) is 7.95. The quantitative estimate of drug-likeness (QED) is 0.472. The van der Waals surface area contributed by atoms with E-state index in [1.807, 2.05) is 0 Å². The number of hydrogen-bond donors (Lipinski definition) is 0. The second kappa shape index (κ2) is 6.18. The van der Waals surface area contributed by atoms with Crippen LogP contribution in [-0.4, -0.2) is 17.6 Å². The van der Waals surface area contributed by atoms with Gasteiger partial charge in [-0.05, 0) is 29.5 Å². The van der Waals surface area contributed by atoms with Gasteiger partial charge >= 0.3 is 5.97 Å². The highest BCUT2D eigenvalue weighted by Crippen LogP contribution is 2.25. The van der Waals surface area contributed by atoms with Crippen molar-refractivity contribution in [3.05, 3.63) is 26.8 Å². The molecule has 0 aliphatic rings. The van der Waals surface area contributed by atoms with Crippen molar-refractivity contribution in [2.45, 2.75) is 19.8 Å². The van der Waals surface area contributed by atoms with Gasteiger partial charge < -0.3 is 4.74 Å². The predicted octanol–water partition coefficient (Wildman–Crippen LogP) is 2.87. The lowest BCUT2D eigenvalue weighted by Gasteiger charge is -2.09. The van der Waals surface area contributed by atoms with Crippen LogP contribution in [0.1, 0.15) is 24.6 Å². The van der Waals surface area contributed by atoms with Crippen molar-refractivity contribution in [2.75, 3.05) is 6.61 Å². The molecule has 0 amide bonds. The zero-order valence-corrected chi connectivity index (χ0v) is 11.0. The fraction of sp³-hybridized carbons (Fsp3) is 0.400. The Balaban J connectivity index is 3.08. The molecule has 0 N–H and O–H groups in total. The van der Waals surface area contributed by atoms with Gasteiger partial charge in [0.2, 0.25) is 0 Å². The average molecular weight is 359 g/mol. The molecular formula is C10H9F3INO2. The van der Waals surface area contributed by atoms with Crippen molar-refractivity contribution in [3.8, 4) is 0 Å². The molecule has 1 aromatic heterocycles. The normalized spacial score (nSPS) is 10.7. The van der Waals surface area contributed by atoms with E-state index in [0.717, 1.165) is 6.07 Å². The van der Waals surface area contributed by atoms with E-state index >= 15 is 0 Å². The first kappa shape index (κ1) is 14.2. The largest absolute Gasteiger partial charge is 0.466 e.